The molecule has 0 atom stereocenters. The van der Waals surface area contributed by atoms with E-state index in [9.17, 15) is 13.2 Å². The van der Waals surface area contributed by atoms with E-state index in [-0.39, 0.29) is 11.7 Å². The van der Waals surface area contributed by atoms with E-state index in [0.717, 1.165) is 12.8 Å². The summed E-state index contributed by atoms with van der Waals surface area (Å²) in [5, 5.41) is 0. The SMILES string of the molecule is CCCCCCCCCCCC(N)=O.CCCS(=O)(=O)O. The number of primary amides is 1. The van der Waals surface area contributed by atoms with Crippen molar-refractivity contribution in [3.8, 4) is 0 Å². The van der Waals surface area contributed by atoms with E-state index < -0.39 is 10.1 Å². The summed E-state index contributed by atoms with van der Waals surface area (Å²) in [6.07, 6.45) is 12.6. The highest BCUT2D eigenvalue weighted by molar-refractivity contribution is 7.85. The van der Waals surface area contributed by atoms with Crippen LogP contribution in [0.2, 0.25) is 0 Å². The first-order chi connectivity index (χ1) is 9.83. The monoisotopic (exact) mass is 323 g/mol. The highest BCUT2D eigenvalue weighted by Crippen LogP contribution is 2.10. The first kappa shape index (κ1) is 22.7. The van der Waals surface area contributed by atoms with Gasteiger partial charge in [0.2, 0.25) is 5.91 Å². The predicted octanol–water partition coefficient (Wildman–Crippen LogP) is 3.68. The van der Waals surface area contributed by atoms with Crippen LogP contribution in [0.1, 0.15) is 84.5 Å². The Labute approximate surface area is 130 Å². The maximum atomic E-state index is 10.4. The third kappa shape index (κ3) is 28.3. The molecule has 0 rings (SSSR count). The smallest absolute Gasteiger partial charge is 0.264 e. The molecule has 128 valence electrons. The standard InChI is InChI=1S/C12H25NO.C3H8O3S/c1-2-3-4-5-6-7-8-9-10-11-12(13)14;1-2-3-7(4,5)6/h2-11H2,1H3,(H2,13,14);2-3H2,1H3,(H,4,5,6). The van der Waals surface area contributed by atoms with Crippen LogP contribution in [0, 0.1) is 0 Å². The van der Waals surface area contributed by atoms with Gasteiger partial charge in [0.15, 0.2) is 0 Å². The number of carbonyl (C=O) groups is 1. The third-order valence-electron chi connectivity index (χ3n) is 2.99. The van der Waals surface area contributed by atoms with E-state index >= 15 is 0 Å². The van der Waals surface area contributed by atoms with E-state index in [1.807, 2.05) is 0 Å². The minimum atomic E-state index is -3.67. The summed E-state index contributed by atoms with van der Waals surface area (Å²) in [5.74, 6) is -0.291. The van der Waals surface area contributed by atoms with Crippen molar-refractivity contribution in [2.24, 2.45) is 5.73 Å². The van der Waals surface area contributed by atoms with Crippen LogP contribution in [0.3, 0.4) is 0 Å². The molecule has 21 heavy (non-hydrogen) atoms. The van der Waals surface area contributed by atoms with Gasteiger partial charge >= 0.3 is 0 Å². The highest BCUT2D eigenvalue weighted by atomic mass is 32.2. The van der Waals surface area contributed by atoms with Crippen LogP contribution < -0.4 is 5.73 Å². The fraction of sp³-hybridized carbons (Fsp3) is 0.933. The second kappa shape index (κ2) is 15.8. The zero-order valence-electron chi connectivity index (χ0n) is 13.6. The van der Waals surface area contributed by atoms with Crippen molar-refractivity contribution < 1.29 is 17.8 Å². The van der Waals surface area contributed by atoms with Gasteiger partial charge in [-0.1, -0.05) is 65.2 Å². The van der Waals surface area contributed by atoms with Gasteiger partial charge in [-0.2, -0.15) is 8.42 Å². The first-order valence-electron chi connectivity index (χ1n) is 8.07. The summed E-state index contributed by atoms with van der Waals surface area (Å²) in [6, 6.07) is 0. The summed E-state index contributed by atoms with van der Waals surface area (Å²) in [4.78, 5) is 10.4. The van der Waals surface area contributed by atoms with Crippen LogP contribution in [0.5, 0.6) is 0 Å². The lowest BCUT2D eigenvalue weighted by molar-refractivity contribution is -0.118. The normalized spacial score (nSPS) is 10.8. The number of nitrogens with two attached hydrogens (primary N) is 1. The Morgan fingerprint density at radius 2 is 1.29 bits per heavy atom. The first-order valence-corrected chi connectivity index (χ1v) is 9.67. The van der Waals surface area contributed by atoms with Crippen molar-refractivity contribution in [1.82, 2.24) is 0 Å². The molecule has 0 aliphatic carbocycles. The fourth-order valence-electron chi connectivity index (χ4n) is 1.87. The minimum Gasteiger partial charge on any atom is -0.370 e. The van der Waals surface area contributed by atoms with Crippen LogP contribution >= 0.6 is 0 Å². The average molecular weight is 323 g/mol. The van der Waals surface area contributed by atoms with E-state index in [1.165, 1.54) is 44.9 Å². The Balaban J connectivity index is 0. The Bertz CT molecular complexity index is 329. The van der Waals surface area contributed by atoms with Gasteiger partial charge in [-0.3, -0.25) is 9.35 Å². The molecule has 0 unspecified atom stereocenters. The largest absolute Gasteiger partial charge is 0.370 e. The molecule has 3 N–H and O–H groups in total. The molecule has 0 spiro atoms. The summed E-state index contributed by atoms with van der Waals surface area (Å²) >= 11 is 0. The van der Waals surface area contributed by atoms with E-state index in [2.05, 4.69) is 6.92 Å². The number of hydrogen-bond acceptors (Lipinski definition) is 3. The van der Waals surface area contributed by atoms with Gasteiger partial charge in [-0.05, 0) is 12.8 Å². The molecule has 1 amide bonds. The molecule has 0 aliphatic rings. The Morgan fingerprint density at radius 3 is 1.57 bits per heavy atom. The van der Waals surface area contributed by atoms with Gasteiger partial charge in [-0.15, -0.1) is 0 Å². The van der Waals surface area contributed by atoms with Gasteiger partial charge in [-0.25, -0.2) is 0 Å². The lowest BCUT2D eigenvalue weighted by atomic mass is 10.1. The molecule has 0 aromatic rings. The van der Waals surface area contributed by atoms with Crippen LogP contribution in [0.25, 0.3) is 0 Å². The number of hydrogen-bond donors (Lipinski definition) is 2. The van der Waals surface area contributed by atoms with Crippen LogP contribution in [-0.2, 0) is 14.9 Å². The van der Waals surface area contributed by atoms with Crippen molar-refractivity contribution in [1.29, 1.82) is 0 Å². The van der Waals surface area contributed by atoms with Gasteiger partial charge in [0.05, 0.1) is 5.75 Å². The molecule has 0 aromatic carbocycles. The molecular formula is C15H33NO4S. The van der Waals surface area contributed by atoms with Crippen molar-refractivity contribution >= 4 is 16.0 Å². The Kier molecular flexibility index (Phi) is 17.0. The van der Waals surface area contributed by atoms with Crippen LogP contribution in [0.15, 0.2) is 0 Å². The molecule has 6 heteroatoms. The number of rotatable bonds is 12. The zero-order valence-corrected chi connectivity index (χ0v) is 14.5. The molecular weight excluding hydrogens is 290 g/mol. The number of carbonyl (C=O) groups excluding carboxylic acids is 1. The second-order valence-electron chi connectivity index (χ2n) is 5.33. The van der Waals surface area contributed by atoms with E-state index in [4.69, 9.17) is 10.3 Å². The molecule has 5 nitrogen and oxygen atoms in total. The van der Waals surface area contributed by atoms with Gasteiger partial charge in [0.1, 0.15) is 0 Å². The summed E-state index contributed by atoms with van der Waals surface area (Å²) < 4.78 is 27.6. The Hall–Kier alpha value is -0.620. The third-order valence-corrected chi connectivity index (χ3v) is 3.91. The summed E-state index contributed by atoms with van der Waals surface area (Å²) in [5.41, 5.74) is 5.05. The van der Waals surface area contributed by atoms with Gasteiger partial charge < -0.3 is 5.73 Å². The fourth-order valence-corrected chi connectivity index (χ4v) is 2.38. The summed E-state index contributed by atoms with van der Waals surface area (Å²) in [6.45, 7) is 3.93. The van der Waals surface area contributed by atoms with Crippen LogP contribution in [-0.4, -0.2) is 24.6 Å². The quantitative estimate of drug-likeness (QED) is 0.423. The van der Waals surface area contributed by atoms with Crippen LogP contribution in [0.4, 0.5) is 0 Å². The summed E-state index contributed by atoms with van der Waals surface area (Å²) in [7, 11) is -3.67. The van der Waals surface area contributed by atoms with Crippen molar-refractivity contribution in [2.75, 3.05) is 5.75 Å². The molecule has 0 aliphatic heterocycles. The van der Waals surface area contributed by atoms with E-state index in [0.29, 0.717) is 12.8 Å². The molecule has 0 saturated heterocycles. The zero-order chi connectivity index (χ0) is 16.6. The molecule has 0 heterocycles. The maximum absolute atomic E-state index is 10.4. The number of amides is 1. The predicted molar refractivity (Wildman–Crippen MR) is 87.7 cm³/mol. The van der Waals surface area contributed by atoms with Crippen molar-refractivity contribution in [3.63, 3.8) is 0 Å². The Morgan fingerprint density at radius 1 is 0.857 bits per heavy atom. The van der Waals surface area contributed by atoms with Gasteiger partial charge in [0, 0.05) is 6.42 Å². The lowest BCUT2D eigenvalue weighted by Gasteiger charge is -2.00. The maximum Gasteiger partial charge on any atom is 0.264 e. The average Bonchev–Trinajstić information content (AvgIpc) is 2.36. The molecule has 0 bridgehead atoms. The van der Waals surface area contributed by atoms with Crippen molar-refractivity contribution in [3.05, 3.63) is 0 Å². The molecule has 0 saturated carbocycles. The molecule has 0 aromatic heterocycles. The molecule has 0 radical (unpaired) electrons. The van der Waals surface area contributed by atoms with Gasteiger partial charge in [0.25, 0.3) is 10.1 Å². The second-order valence-corrected chi connectivity index (χ2v) is 6.90. The number of unbranched alkanes of at least 4 members (excludes halogenated alkanes) is 8. The van der Waals surface area contributed by atoms with Crippen molar-refractivity contribution in [2.45, 2.75) is 84.5 Å². The molecule has 0 fully saturated rings. The van der Waals surface area contributed by atoms with E-state index in [1.54, 1.807) is 6.92 Å². The lowest BCUT2D eigenvalue weighted by Crippen LogP contribution is -2.09. The minimum absolute atomic E-state index is 0.132. The topological polar surface area (TPSA) is 97.5 Å². The highest BCUT2D eigenvalue weighted by Gasteiger charge is 1.98.